The molecule has 3 heterocycles. The van der Waals surface area contributed by atoms with Crippen LogP contribution in [0.5, 0.6) is 0 Å². The summed E-state index contributed by atoms with van der Waals surface area (Å²) in [5, 5.41) is 9.90. The fourth-order valence-corrected chi connectivity index (χ4v) is 5.46. The van der Waals surface area contributed by atoms with Gasteiger partial charge in [0.05, 0.1) is 22.0 Å². The Morgan fingerprint density at radius 2 is 1.74 bits per heavy atom. The van der Waals surface area contributed by atoms with Crippen molar-refractivity contribution in [3.05, 3.63) is 132 Å². The SMILES string of the molecule is O=C(NCCc1cccnc1)Nc1ccc(S(=O)(=O)Cc2ccn(-c3ccncc3)n2)c(C#Cc2ccc(F)cc2)c1. The lowest BCUT2D eigenvalue weighted by Crippen LogP contribution is -2.30. The number of anilines is 1. The first-order valence-electron chi connectivity index (χ1n) is 12.9. The van der Waals surface area contributed by atoms with E-state index in [4.69, 9.17) is 0 Å². The lowest BCUT2D eigenvalue weighted by molar-refractivity contribution is 0.252. The molecule has 2 amide bonds. The summed E-state index contributed by atoms with van der Waals surface area (Å²) in [6, 6.07) is 18.4. The van der Waals surface area contributed by atoms with Crippen molar-refractivity contribution in [3.63, 3.8) is 0 Å². The number of halogens is 1. The number of urea groups is 1. The maximum absolute atomic E-state index is 13.6. The van der Waals surface area contributed by atoms with Gasteiger partial charge in [-0.05, 0) is 78.7 Å². The molecule has 2 aromatic carbocycles. The summed E-state index contributed by atoms with van der Waals surface area (Å²) in [4.78, 5) is 20.5. The van der Waals surface area contributed by atoms with Gasteiger partial charge in [0.2, 0.25) is 0 Å². The molecule has 0 unspecified atom stereocenters. The number of aromatic nitrogens is 4. The summed E-state index contributed by atoms with van der Waals surface area (Å²) >= 11 is 0. The average Bonchev–Trinajstić information content (AvgIpc) is 3.45. The van der Waals surface area contributed by atoms with Crippen LogP contribution >= 0.6 is 0 Å². The third-order valence-corrected chi connectivity index (χ3v) is 7.79. The number of nitrogens with one attached hydrogen (secondary N) is 2. The molecule has 0 bridgehead atoms. The van der Waals surface area contributed by atoms with Crippen LogP contribution in [0.1, 0.15) is 22.4 Å². The number of rotatable bonds is 8. The summed E-state index contributed by atoms with van der Waals surface area (Å²) in [6.07, 6.45) is 8.93. The van der Waals surface area contributed by atoms with E-state index in [9.17, 15) is 17.6 Å². The van der Waals surface area contributed by atoms with Gasteiger partial charge in [0.25, 0.3) is 0 Å². The van der Waals surface area contributed by atoms with Crippen LogP contribution in [0.3, 0.4) is 0 Å². The van der Waals surface area contributed by atoms with Crippen molar-refractivity contribution < 1.29 is 17.6 Å². The molecule has 0 saturated carbocycles. The minimum absolute atomic E-state index is 0.0156. The number of pyridine rings is 2. The van der Waals surface area contributed by atoms with E-state index in [-0.39, 0.29) is 16.2 Å². The fourth-order valence-electron chi connectivity index (χ4n) is 4.04. The number of hydrogen-bond donors (Lipinski definition) is 2. The van der Waals surface area contributed by atoms with Crippen LogP contribution in [-0.2, 0) is 22.0 Å². The first kappa shape index (κ1) is 28.2. The highest BCUT2D eigenvalue weighted by Gasteiger charge is 2.21. The van der Waals surface area contributed by atoms with Crippen molar-refractivity contribution in [2.24, 2.45) is 0 Å². The quantitative estimate of drug-likeness (QED) is 0.260. The summed E-state index contributed by atoms with van der Waals surface area (Å²) in [7, 11) is -3.90. The third-order valence-electron chi connectivity index (χ3n) is 6.09. The molecule has 11 heteroatoms. The van der Waals surface area contributed by atoms with Crippen LogP contribution in [0.15, 0.2) is 109 Å². The molecule has 0 spiro atoms. The van der Waals surface area contributed by atoms with Gasteiger partial charge >= 0.3 is 6.03 Å². The van der Waals surface area contributed by atoms with Crippen LogP contribution in [0.25, 0.3) is 5.69 Å². The van der Waals surface area contributed by atoms with E-state index in [1.807, 2.05) is 12.1 Å². The number of amides is 2. The topological polar surface area (TPSA) is 119 Å². The first-order chi connectivity index (χ1) is 20.4. The number of benzene rings is 2. The van der Waals surface area contributed by atoms with E-state index < -0.39 is 21.7 Å². The van der Waals surface area contributed by atoms with Gasteiger partial charge < -0.3 is 10.6 Å². The largest absolute Gasteiger partial charge is 0.338 e. The highest BCUT2D eigenvalue weighted by molar-refractivity contribution is 7.90. The number of sulfone groups is 1. The van der Waals surface area contributed by atoms with Crippen LogP contribution in [0.2, 0.25) is 0 Å². The van der Waals surface area contributed by atoms with E-state index in [1.54, 1.807) is 53.9 Å². The molecular weight excluding hydrogens is 555 g/mol. The van der Waals surface area contributed by atoms with Crippen LogP contribution in [-0.4, -0.2) is 40.7 Å². The van der Waals surface area contributed by atoms with Crippen LogP contribution in [0.4, 0.5) is 14.9 Å². The molecule has 0 saturated heterocycles. The molecule has 0 fully saturated rings. The van der Waals surface area contributed by atoms with Gasteiger partial charge in [0, 0.05) is 54.3 Å². The number of carbonyl (C=O) groups is 1. The second-order valence-corrected chi connectivity index (χ2v) is 11.1. The van der Waals surface area contributed by atoms with E-state index in [2.05, 4.69) is 37.5 Å². The molecule has 5 aromatic rings. The maximum atomic E-state index is 13.6. The summed E-state index contributed by atoms with van der Waals surface area (Å²) in [5.41, 5.74) is 3.12. The molecule has 0 aliphatic carbocycles. The predicted molar refractivity (Wildman–Crippen MR) is 156 cm³/mol. The van der Waals surface area contributed by atoms with Gasteiger partial charge in [-0.25, -0.2) is 22.3 Å². The lowest BCUT2D eigenvalue weighted by atomic mass is 10.1. The second-order valence-electron chi connectivity index (χ2n) is 9.18. The molecule has 42 heavy (non-hydrogen) atoms. The Labute approximate surface area is 242 Å². The molecule has 210 valence electrons. The molecule has 0 aliphatic heterocycles. The van der Waals surface area contributed by atoms with Crippen molar-refractivity contribution in [2.45, 2.75) is 17.1 Å². The maximum Gasteiger partial charge on any atom is 0.319 e. The predicted octanol–water partition coefficient (Wildman–Crippen LogP) is 4.54. The zero-order valence-corrected chi connectivity index (χ0v) is 23.1. The van der Waals surface area contributed by atoms with Gasteiger partial charge in [-0.15, -0.1) is 0 Å². The number of hydrogen-bond acceptors (Lipinski definition) is 6. The molecule has 0 aliphatic rings. The second kappa shape index (κ2) is 12.9. The zero-order valence-electron chi connectivity index (χ0n) is 22.2. The Morgan fingerprint density at radius 3 is 2.50 bits per heavy atom. The summed E-state index contributed by atoms with van der Waals surface area (Å²) < 4.78 is 42.0. The molecule has 0 radical (unpaired) electrons. The molecule has 3 aromatic heterocycles. The highest BCUT2D eigenvalue weighted by atomic mass is 32.2. The van der Waals surface area contributed by atoms with Gasteiger partial charge in [-0.2, -0.15) is 5.10 Å². The third kappa shape index (κ3) is 7.44. The monoisotopic (exact) mass is 580 g/mol. The van der Waals surface area contributed by atoms with Crippen molar-refractivity contribution in [1.29, 1.82) is 0 Å². The number of nitrogens with zero attached hydrogens (tertiary/aromatic N) is 4. The Morgan fingerprint density at radius 1 is 0.929 bits per heavy atom. The van der Waals surface area contributed by atoms with Crippen LogP contribution < -0.4 is 10.6 Å². The van der Waals surface area contributed by atoms with E-state index >= 15 is 0 Å². The van der Waals surface area contributed by atoms with Crippen molar-refractivity contribution in [3.8, 4) is 17.5 Å². The van der Waals surface area contributed by atoms with Crippen molar-refractivity contribution in [1.82, 2.24) is 25.1 Å². The molecule has 0 atom stereocenters. The van der Waals surface area contributed by atoms with E-state index in [1.165, 1.54) is 42.5 Å². The fraction of sp³-hybridized carbons (Fsp3) is 0.0968. The van der Waals surface area contributed by atoms with Gasteiger partial charge in [0.1, 0.15) is 5.82 Å². The normalized spacial score (nSPS) is 10.9. The minimum Gasteiger partial charge on any atom is -0.338 e. The van der Waals surface area contributed by atoms with Gasteiger partial charge in [0.15, 0.2) is 9.84 Å². The molecular formula is C31H25FN6O3S. The van der Waals surface area contributed by atoms with Crippen LogP contribution in [0, 0.1) is 17.7 Å². The highest BCUT2D eigenvalue weighted by Crippen LogP contribution is 2.24. The molecule has 2 N–H and O–H groups in total. The minimum atomic E-state index is -3.90. The number of carbonyl (C=O) groups excluding carboxylic acids is 1. The zero-order chi connectivity index (χ0) is 29.4. The summed E-state index contributed by atoms with van der Waals surface area (Å²) in [6.45, 7) is 0.382. The molecule has 5 rings (SSSR count). The van der Waals surface area contributed by atoms with Crippen molar-refractivity contribution >= 4 is 21.6 Å². The Balaban J connectivity index is 1.37. The van der Waals surface area contributed by atoms with E-state index in [0.717, 1.165) is 11.3 Å². The summed E-state index contributed by atoms with van der Waals surface area (Å²) in [5.74, 6) is 5.00. The van der Waals surface area contributed by atoms with E-state index in [0.29, 0.717) is 29.9 Å². The molecule has 9 nitrogen and oxygen atoms in total. The lowest BCUT2D eigenvalue weighted by Gasteiger charge is -2.11. The average molecular weight is 581 g/mol. The van der Waals surface area contributed by atoms with Gasteiger partial charge in [-0.1, -0.05) is 17.9 Å². The van der Waals surface area contributed by atoms with Gasteiger partial charge in [-0.3, -0.25) is 9.97 Å². The first-order valence-corrected chi connectivity index (χ1v) is 14.5. The Bertz CT molecular complexity index is 1850. The Hall–Kier alpha value is -5.34. The standard InChI is InChI=1S/C31H25FN6O3S/c32-26-7-4-23(5-8-26)3-6-25-20-27(36-31(39)35-18-11-24-2-1-15-34-21-24)9-10-30(25)42(40,41)22-28-14-19-38(37-28)29-12-16-33-17-13-29/h1-2,4-5,7-10,12-17,19-21H,11,18,22H2,(H2,35,36,39). The Kier molecular flexibility index (Phi) is 8.65. The smallest absolute Gasteiger partial charge is 0.319 e. The van der Waals surface area contributed by atoms with Crippen molar-refractivity contribution in [2.75, 3.05) is 11.9 Å².